The van der Waals surface area contributed by atoms with E-state index in [0.29, 0.717) is 0 Å². The molecule has 1 aromatic heterocycles. The largest absolute Gasteiger partial charge is 0.385 e. The van der Waals surface area contributed by atoms with E-state index >= 15 is 0 Å². The third-order valence-electron chi connectivity index (χ3n) is 5.79. The fourth-order valence-corrected chi connectivity index (χ4v) is 4.40. The summed E-state index contributed by atoms with van der Waals surface area (Å²) in [4.78, 5) is 7.54. The van der Waals surface area contributed by atoms with E-state index in [1.54, 1.807) is 7.11 Å². The van der Waals surface area contributed by atoms with Gasteiger partial charge in [0.1, 0.15) is 5.82 Å². The van der Waals surface area contributed by atoms with Gasteiger partial charge in [-0.05, 0) is 86.3 Å². The second-order valence-corrected chi connectivity index (χ2v) is 7.52. The van der Waals surface area contributed by atoms with E-state index in [9.17, 15) is 0 Å². The molecule has 0 amide bonds. The number of aryl methyl sites for hydroxylation is 3. The van der Waals surface area contributed by atoms with E-state index in [4.69, 9.17) is 9.72 Å². The number of hydrogen-bond donors (Lipinski definition) is 0. The summed E-state index contributed by atoms with van der Waals surface area (Å²) in [5.74, 6) is 1.90. The second kappa shape index (κ2) is 6.72. The number of piperidine rings is 1. The molecule has 0 spiro atoms. The van der Waals surface area contributed by atoms with Crippen molar-refractivity contribution in [2.45, 2.75) is 45.4 Å². The molecule has 0 saturated carbocycles. The lowest BCUT2D eigenvalue weighted by atomic mass is 9.95. The average Bonchev–Trinajstić information content (AvgIpc) is 3.06. The van der Waals surface area contributed by atoms with Crippen LogP contribution in [0, 0.1) is 12.8 Å². The summed E-state index contributed by atoms with van der Waals surface area (Å²) in [6, 6.07) is 7.03. The fraction of sp³-hybridized carbons (Fsp3) is 0.571. The second-order valence-electron chi connectivity index (χ2n) is 7.52. The molecule has 2 aromatic rings. The Balaban J connectivity index is 1.63. The number of ether oxygens (including phenoxy) is 1. The first-order valence-corrected chi connectivity index (χ1v) is 9.41. The molecule has 128 valence electrons. The van der Waals surface area contributed by atoms with E-state index in [1.165, 1.54) is 65.5 Å². The van der Waals surface area contributed by atoms with Crippen LogP contribution in [-0.4, -0.2) is 31.8 Å². The van der Waals surface area contributed by atoms with Gasteiger partial charge < -0.3 is 9.64 Å². The van der Waals surface area contributed by atoms with Crippen molar-refractivity contribution in [1.82, 2.24) is 4.98 Å². The monoisotopic (exact) mass is 324 g/mol. The molecule has 1 saturated heterocycles. The van der Waals surface area contributed by atoms with Gasteiger partial charge in [0.25, 0.3) is 0 Å². The van der Waals surface area contributed by atoms with Gasteiger partial charge in [0.2, 0.25) is 0 Å². The van der Waals surface area contributed by atoms with Crippen molar-refractivity contribution in [2.24, 2.45) is 5.92 Å². The van der Waals surface area contributed by atoms with Crippen molar-refractivity contribution in [3.63, 3.8) is 0 Å². The minimum atomic E-state index is 0.733. The molecular weight excluding hydrogens is 296 g/mol. The molecule has 1 aliphatic carbocycles. The number of fused-ring (bicyclic) bond motifs is 2. The van der Waals surface area contributed by atoms with Crippen LogP contribution >= 0.6 is 0 Å². The molecule has 1 aliphatic heterocycles. The van der Waals surface area contributed by atoms with Crippen LogP contribution < -0.4 is 4.90 Å². The molecule has 0 radical (unpaired) electrons. The number of benzene rings is 1. The molecule has 3 nitrogen and oxygen atoms in total. The lowest BCUT2D eigenvalue weighted by molar-refractivity contribution is 0.172. The number of pyridine rings is 1. The van der Waals surface area contributed by atoms with E-state index < -0.39 is 0 Å². The normalized spacial score (nSPS) is 20.6. The number of anilines is 1. The SMILES string of the molecule is COCCC1CCCN(c2cc(C)c3cc4c(cc3n2)CCC4)C1. The van der Waals surface area contributed by atoms with Crippen LogP contribution in [0.1, 0.15) is 42.4 Å². The van der Waals surface area contributed by atoms with Gasteiger partial charge in [-0.3, -0.25) is 0 Å². The third-order valence-corrected chi connectivity index (χ3v) is 5.79. The first kappa shape index (κ1) is 15.9. The lowest BCUT2D eigenvalue weighted by Crippen LogP contribution is -2.36. The van der Waals surface area contributed by atoms with Gasteiger partial charge in [0, 0.05) is 32.2 Å². The topological polar surface area (TPSA) is 25.4 Å². The van der Waals surface area contributed by atoms with Gasteiger partial charge in [-0.25, -0.2) is 4.98 Å². The van der Waals surface area contributed by atoms with Crippen molar-refractivity contribution in [2.75, 3.05) is 31.7 Å². The summed E-state index contributed by atoms with van der Waals surface area (Å²) >= 11 is 0. The van der Waals surface area contributed by atoms with E-state index in [2.05, 4.69) is 30.0 Å². The summed E-state index contributed by atoms with van der Waals surface area (Å²) in [5, 5.41) is 1.34. The zero-order valence-electron chi connectivity index (χ0n) is 15.0. The van der Waals surface area contributed by atoms with Gasteiger partial charge in [-0.2, -0.15) is 0 Å². The molecule has 0 bridgehead atoms. The van der Waals surface area contributed by atoms with Crippen molar-refractivity contribution in [3.8, 4) is 0 Å². The highest BCUT2D eigenvalue weighted by molar-refractivity contribution is 5.85. The first-order valence-electron chi connectivity index (χ1n) is 9.41. The number of methoxy groups -OCH3 is 1. The predicted octanol–water partition coefficient (Wildman–Crippen LogP) is 4.28. The number of aromatic nitrogens is 1. The molecule has 2 heterocycles. The maximum absolute atomic E-state index is 5.27. The predicted molar refractivity (Wildman–Crippen MR) is 99.9 cm³/mol. The van der Waals surface area contributed by atoms with Gasteiger partial charge in [0.15, 0.2) is 0 Å². The van der Waals surface area contributed by atoms with Gasteiger partial charge in [-0.15, -0.1) is 0 Å². The Morgan fingerprint density at radius 2 is 2.00 bits per heavy atom. The van der Waals surface area contributed by atoms with Gasteiger partial charge in [-0.1, -0.05) is 0 Å². The molecule has 2 aliphatic rings. The zero-order valence-corrected chi connectivity index (χ0v) is 15.0. The highest BCUT2D eigenvalue weighted by atomic mass is 16.5. The summed E-state index contributed by atoms with van der Waals surface area (Å²) < 4.78 is 5.27. The Morgan fingerprint density at radius 3 is 2.83 bits per heavy atom. The molecule has 1 unspecified atom stereocenters. The highest BCUT2D eigenvalue weighted by Crippen LogP contribution is 2.31. The zero-order chi connectivity index (χ0) is 16.5. The van der Waals surface area contributed by atoms with Crippen LogP contribution in [0.15, 0.2) is 18.2 Å². The minimum absolute atomic E-state index is 0.733. The van der Waals surface area contributed by atoms with Crippen LogP contribution in [-0.2, 0) is 17.6 Å². The smallest absolute Gasteiger partial charge is 0.129 e. The Morgan fingerprint density at radius 1 is 1.17 bits per heavy atom. The van der Waals surface area contributed by atoms with Gasteiger partial charge >= 0.3 is 0 Å². The van der Waals surface area contributed by atoms with Crippen molar-refractivity contribution >= 4 is 16.7 Å². The standard InChI is InChI=1S/C21H28N2O/c1-15-11-21(23-9-4-5-16(14-23)8-10-24-2)22-20-13-18-7-3-6-17(18)12-19(15)20/h11-13,16H,3-10,14H2,1-2H3. The maximum Gasteiger partial charge on any atom is 0.129 e. The summed E-state index contributed by atoms with van der Waals surface area (Å²) in [6.45, 7) is 5.36. The number of rotatable bonds is 4. The van der Waals surface area contributed by atoms with Crippen LogP contribution in [0.4, 0.5) is 5.82 Å². The van der Waals surface area contributed by atoms with E-state index in [0.717, 1.165) is 32.0 Å². The summed E-state index contributed by atoms with van der Waals surface area (Å²) in [5.41, 5.74) is 5.61. The first-order chi connectivity index (χ1) is 11.7. The van der Waals surface area contributed by atoms with Crippen molar-refractivity contribution in [3.05, 3.63) is 34.9 Å². The summed E-state index contributed by atoms with van der Waals surface area (Å²) in [7, 11) is 1.80. The molecule has 4 rings (SSSR count). The van der Waals surface area contributed by atoms with Crippen molar-refractivity contribution < 1.29 is 4.74 Å². The van der Waals surface area contributed by atoms with E-state index in [-0.39, 0.29) is 0 Å². The average molecular weight is 324 g/mol. The van der Waals surface area contributed by atoms with E-state index in [1.807, 2.05) is 0 Å². The molecule has 1 aromatic carbocycles. The fourth-order valence-electron chi connectivity index (χ4n) is 4.40. The van der Waals surface area contributed by atoms with Crippen LogP contribution in [0.3, 0.4) is 0 Å². The summed E-state index contributed by atoms with van der Waals surface area (Å²) in [6.07, 6.45) is 7.49. The minimum Gasteiger partial charge on any atom is -0.385 e. The van der Waals surface area contributed by atoms with Gasteiger partial charge in [0.05, 0.1) is 5.52 Å². The molecular formula is C21H28N2O. The third kappa shape index (κ3) is 3.02. The number of nitrogens with zero attached hydrogens (tertiary/aromatic N) is 2. The highest BCUT2D eigenvalue weighted by Gasteiger charge is 2.22. The molecule has 3 heteroatoms. The lowest BCUT2D eigenvalue weighted by Gasteiger charge is -2.34. The van der Waals surface area contributed by atoms with Crippen LogP contribution in [0.5, 0.6) is 0 Å². The molecule has 24 heavy (non-hydrogen) atoms. The van der Waals surface area contributed by atoms with Crippen molar-refractivity contribution in [1.29, 1.82) is 0 Å². The Bertz CT molecular complexity index is 740. The molecule has 0 N–H and O–H groups in total. The molecule has 1 fully saturated rings. The Hall–Kier alpha value is -1.61. The quantitative estimate of drug-likeness (QED) is 0.839. The molecule has 1 atom stereocenters. The van der Waals surface area contributed by atoms with Crippen LogP contribution in [0.2, 0.25) is 0 Å². The Kier molecular flexibility index (Phi) is 4.45. The number of hydrogen-bond acceptors (Lipinski definition) is 3. The Labute approximate surface area is 145 Å². The van der Waals surface area contributed by atoms with Crippen LogP contribution in [0.25, 0.3) is 10.9 Å². The maximum atomic E-state index is 5.27.